The molecule has 0 bridgehead atoms. The van der Waals surface area contributed by atoms with E-state index in [0.717, 1.165) is 34.8 Å². The van der Waals surface area contributed by atoms with Gasteiger partial charge in [0.25, 0.3) is 0 Å². The fraction of sp³-hybridized carbons (Fsp3) is 0.0800. The van der Waals surface area contributed by atoms with Gasteiger partial charge in [0.2, 0.25) is 0 Å². The zero-order valence-corrected chi connectivity index (χ0v) is 16.7. The van der Waals surface area contributed by atoms with Crippen LogP contribution in [0.5, 0.6) is 11.5 Å². The largest absolute Gasteiger partial charge is 0.457 e. The summed E-state index contributed by atoms with van der Waals surface area (Å²) < 4.78 is 43.7. The smallest absolute Gasteiger partial charge is 0.416 e. The van der Waals surface area contributed by atoms with Crippen molar-refractivity contribution in [3.8, 4) is 22.6 Å². The summed E-state index contributed by atoms with van der Waals surface area (Å²) in [4.78, 5) is 6.47. The third kappa shape index (κ3) is 4.86. The van der Waals surface area contributed by atoms with Crippen molar-refractivity contribution in [1.82, 2.24) is 4.98 Å². The number of para-hydroxylation sites is 1. The second-order valence-electron chi connectivity index (χ2n) is 6.95. The van der Waals surface area contributed by atoms with E-state index in [4.69, 9.17) is 4.74 Å². The van der Waals surface area contributed by atoms with Crippen molar-refractivity contribution in [3.63, 3.8) is 0 Å². The second-order valence-corrected chi connectivity index (χ2v) is 6.95. The number of nitrogens with zero attached hydrogens (tertiary/aromatic N) is 2. The molecule has 0 saturated carbocycles. The van der Waals surface area contributed by atoms with Crippen LogP contribution in [0, 0.1) is 0 Å². The maximum Gasteiger partial charge on any atom is 0.416 e. The fourth-order valence-electron chi connectivity index (χ4n) is 3.13. The van der Waals surface area contributed by atoms with Crippen LogP contribution in [-0.4, -0.2) is 12.0 Å². The van der Waals surface area contributed by atoms with E-state index in [2.05, 4.69) is 4.98 Å². The molecule has 0 fully saturated rings. The Balaban J connectivity index is 1.49. The van der Waals surface area contributed by atoms with Crippen molar-refractivity contribution in [1.29, 1.82) is 0 Å². The van der Waals surface area contributed by atoms with Gasteiger partial charge in [0.05, 0.1) is 5.56 Å². The second kappa shape index (κ2) is 8.52. The number of aromatic nitrogens is 1. The summed E-state index contributed by atoms with van der Waals surface area (Å²) in [6, 6.07) is 25.9. The van der Waals surface area contributed by atoms with Crippen LogP contribution >= 0.6 is 0 Å². The van der Waals surface area contributed by atoms with Gasteiger partial charge < -0.3 is 9.64 Å². The van der Waals surface area contributed by atoms with Gasteiger partial charge in [0, 0.05) is 18.9 Å². The van der Waals surface area contributed by atoms with Crippen molar-refractivity contribution in [2.75, 3.05) is 11.9 Å². The predicted octanol–water partition coefficient (Wildman–Crippen LogP) is 7.33. The Labute approximate surface area is 178 Å². The van der Waals surface area contributed by atoms with Gasteiger partial charge in [-0.1, -0.05) is 30.3 Å². The average Bonchev–Trinajstić information content (AvgIpc) is 2.79. The van der Waals surface area contributed by atoms with Crippen LogP contribution < -0.4 is 9.64 Å². The van der Waals surface area contributed by atoms with Crippen LogP contribution in [0.2, 0.25) is 0 Å². The third-order valence-corrected chi connectivity index (χ3v) is 4.84. The number of alkyl halides is 3. The topological polar surface area (TPSA) is 25.4 Å². The van der Waals surface area contributed by atoms with Gasteiger partial charge in [-0.05, 0) is 71.8 Å². The summed E-state index contributed by atoms with van der Waals surface area (Å²) in [5.74, 6) is 1.70. The maximum atomic E-state index is 12.7. The first-order chi connectivity index (χ1) is 14.9. The molecule has 156 valence electrons. The summed E-state index contributed by atoms with van der Waals surface area (Å²) in [5.41, 5.74) is 2.30. The van der Waals surface area contributed by atoms with Crippen molar-refractivity contribution in [2.24, 2.45) is 0 Å². The Morgan fingerprint density at radius 2 is 1.35 bits per heavy atom. The van der Waals surface area contributed by atoms with Crippen LogP contribution in [0.25, 0.3) is 11.1 Å². The molecule has 31 heavy (non-hydrogen) atoms. The Morgan fingerprint density at radius 1 is 0.742 bits per heavy atom. The van der Waals surface area contributed by atoms with Gasteiger partial charge in [0.15, 0.2) is 0 Å². The Bertz CT molecular complexity index is 1140. The molecule has 0 amide bonds. The van der Waals surface area contributed by atoms with E-state index in [-0.39, 0.29) is 0 Å². The average molecular weight is 420 g/mol. The lowest BCUT2D eigenvalue weighted by atomic mass is 10.1. The summed E-state index contributed by atoms with van der Waals surface area (Å²) in [7, 11) is 1.96. The standard InChI is InChI=1S/C25H19F3N2O/c1-30(21-5-3-2-4-6-21)24-17-19(15-16-29-24)18-7-11-22(12-8-18)31-23-13-9-20(10-14-23)25(26,27)28/h2-17H,1H3. The normalized spacial score (nSPS) is 11.2. The molecule has 0 radical (unpaired) electrons. The summed E-state index contributed by atoms with van der Waals surface area (Å²) in [5, 5.41) is 0. The summed E-state index contributed by atoms with van der Waals surface area (Å²) in [6.45, 7) is 0. The molecule has 3 aromatic carbocycles. The Hall–Kier alpha value is -3.80. The fourth-order valence-corrected chi connectivity index (χ4v) is 3.13. The van der Waals surface area contributed by atoms with E-state index >= 15 is 0 Å². The minimum absolute atomic E-state index is 0.344. The quantitative estimate of drug-likeness (QED) is 0.338. The lowest BCUT2D eigenvalue weighted by Gasteiger charge is -2.19. The lowest BCUT2D eigenvalue weighted by molar-refractivity contribution is -0.137. The van der Waals surface area contributed by atoms with Crippen LogP contribution in [0.3, 0.4) is 0 Å². The van der Waals surface area contributed by atoms with Crippen LogP contribution in [0.4, 0.5) is 24.7 Å². The van der Waals surface area contributed by atoms with Crippen molar-refractivity contribution < 1.29 is 17.9 Å². The molecule has 0 aliphatic rings. The molecule has 0 aliphatic heterocycles. The molecule has 0 N–H and O–H groups in total. The highest BCUT2D eigenvalue weighted by Gasteiger charge is 2.30. The number of halogens is 3. The first-order valence-electron chi connectivity index (χ1n) is 9.60. The molecular formula is C25H19F3N2O. The van der Waals surface area contributed by atoms with E-state index in [1.807, 2.05) is 66.5 Å². The maximum absolute atomic E-state index is 12.7. The Kier molecular flexibility index (Phi) is 5.62. The number of rotatable bonds is 5. The number of ether oxygens (including phenoxy) is 1. The SMILES string of the molecule is CN(c1ccccc1)c1cc(-c2ccc(Oc3ccc(C(F)(F)F)cc3)cc2)ccn1. The molecule has 0 unspecified atom stereocenters. The highest BCUT2D eigenvalue weighted by Crippen LogP contribution is 2.32. The molecule has 1 heterocycles. The minimum atomic E-state index is -4.36. The van der Waals surface area contributed by atoms with Gasteiger partial charge in [-0.15, -0.1) is 0 Å². The van der Waals surface area contributed by atoms with Crippen molar-refractivity contribution >= 4 is 11.5 Å². The first-order valence-corrected chi connectivity index (χ1v) is 9.60. The van der Waals surface area contributed by atoms with Crippen molar-refractivity contribution in [3.05, 3.63) is 103 Å². The van der Waals surface area contributed by atoms with Crippen LogP contribution in [0.15, 0.2) is 97.2 Å². The van der Waals surface area contributed by atoms with Gasteiger partial charge in [0.1, 0.15) is 17.3 Å². The molecule has 0 atom stereocenters. The number of hydrogen-bond acceptors (Lipinski definition) is 3. The zero-order chi connectivity index (χ0) is 21.8. The van der Waals surface area contributed by atoms with Gasteiger partial charge in [-0.2, -0.15) is 13.2 Å². The molecule has 6 heteroatoms. The van der Waals surface area contributed by atoms with Gasteiger partial charge in [-0.25, -0.2) is 4.98 Å². The molecule has 4 rings (SSSR count). The molecule has 0 saturated heterocycles. The van der Waals surface area contributed by atoms with E-state index < -0.39 is 11.7 Å². The first kappa shape index (κ1) is 20.5. The van der Waals surface area contributed by atoms with E-state index in [1.165, 1.54) is 12.1 Å². The number of benzene rings is 3. The number of pyridine rings is 1. The predicted molar refractivity (Wildman–Crippen MR) is 116 cm³/mol. The van der Waals surface area contributed by atoms with Crippen LogP contribution in [0.1, 0.15) is 5.56 Å². The highest BCUT2D eigenvalue weighted by molar-refractivity contribution is 5.69. The van der Waals surface area contributed by atoms with Gasteiger partial charge >= 0.3 is 6.18 Å². The van der Waals surface area contributed by atoms with E-state index in [9.17, 15) is 13.2 Å². The zero-order valence-electron chi connectivity index (χ0n) is 16.7. The monoisotopic (exact) mass is 420 g/mol. The van der Waals surface area contributed by atoms with Crippen LogP contribution in [-0.2, 0) is 6.18 Å². The molecule has 3 nitrogen and oxygen atoms in total. The Morgan fingerprint density at radius 3 is 1.97 bits per heavy atom. The number of anilines is 2. The molecule has 1 aromatic heterocycles. The highest BCUT2D eigenvalue weighted by atomic mass is 19.4. The minimum Gasteiger partial charge on any atom is -0.457 e. The van der Waals surface area contributed by atoms with E-state index in [0.29, 0.717) is 11.5 Å². The summed E-state index contributed by atoms with van der Waals surface area (Å²) in [6.07, 6.45) is -2.60. The lowest BCUT2D eigenvalue weighted by Crippen LogP contribution is -2.10. The molecule has 4 aromatic rings. The third-order valence-electron chi connectivity index (χ3n) is 4.84. The van der Waals surface area contributed by atoms with Gasteiger partial charge in [-0.3, -0.25) is 0 Å². The summed E-state index contributed by atoms with van der Waals surface area (Å²) >= 11 is 0. The molecule has 0 spiro atoms. The molecular weight excluding hydrogens is 401 g/mol. The van der Waals surface area contributed by atoms with E-state index in [1.54, 1.807) is 18.3 Å². The van der Waals surface area contributed by atoms with Crippen molar-refractivity contribution in [2.45, 2.75) is 6.18 Å². The molecule has 0 aliphatic carbocycles. The number of hydrogen-bond donors (Lipinski definition) is 0.